The molecule has 2 aliphatic rings. The van der Waals surface area contributed by atoms with Crippen molar-refractivity contribution in [2.45, 2.75) is 19.3 Å². The third-order valence-electron chi connectivity index (χ3n) is 6.31. The lowest BCUT2D eigenvalue weighted by atomic mass is 9.89. The molecule has 2 aliphatic heterocycles. The molecule has 5 rings (SSSR count). The van der Waals surface area contributed by atoms with Crippen LogP contribution in [-0.2, 0) is 11.2 Å². The van der Waals surface area contributed by atoms with Gasteiger partial charge in [-0.05, 0) is 104 Å². The lowest BCUT2D eigenvalue weighted by molar-refractivity contribution is -0.115. The number of pyridine rings is 1. The summed E-state index contributed by atoms with van der Waals surface area (Å²) in [6.07, 6.45) is 7.23. The molecule has 0 spiro atoms. The smallest absolute Gasteiger partial charge is 0.290 e. The maximum atomic E-state index is 11.9. The number of rotatable bonds is 4. The SMILES string of the molecule is CN1CCC(Cc2cccc(-c3ccnc4ccc(C=C5SC(=O)NC5=O)cc34)c2)CC1. The average Bonchev–Trinajstić information content (AvgIpc) is 3.11. The number of benzene rings is 2. The molecule has 3 aromatic rings. The Kier molecular flexibility index (Phi) is 5.81. The second-order valence-electron chi connectivity index (χ2n) is 8.64. The number of piperidine rings is 1. The molecule has 0 aliphatic carbocycles. The molecule has 2 aromatic carbocycles. The van der Waals surface area contributed by atoms with Gasteiger partial charge in [0.2, 0.25) is 0 Å². The standard InChI is InChI=1S/C26H25N3O2S/c1-29-11-8-17(9-12-29)13-18-3-2-4-20(14-18)21-7-10-27-23-6-5-19(15-22(21)23)16-24-25(30)28-26(31)32-24/h2-7,10,14-17H,8-9,11-13H2,1H3,(H,28,30,31). The van der Waals surface area contributed by atoms with Crippen LogP contribution in [0.5, 0.6) is 0 Å². The third-order valence-corrected chi connectivity index (χ3v) is 7.12. The van der Waals surface area contributed by atoms with Crippen LogP contribution in [0.15, 0.2) is 59.6 Å². The Morgan fingerprint density at radius 3 is 2.75 bits per heavy atom. The highest BCUT2D eigenvalue weighted by Gasteiger charge is 2.25. The van der Waals surface area contributed by atoms with E-state index in [2.05, 4.69) is 52.6 Å². The van der Waals surface area contributed by atoms with Crippen molar-refractivity contribution in [3.63, 3.8) is 0 Å². The Balaban J connectivity index is 1.47. The molecule has 0 unspecified atom stereocenters. The van der Waals surface area contributed by atoms with Crippen molar-refractivity contribution >= 4 is 39.9 Å². The van der Waals surface area contributed by atoms with Crippen molar-refractivity contribution in [2.24, 2.45) is 5.92 Å². The van der Waals surface area contributed by atoms with E-state index in [4.69, 9.17) is 0 Å². The van der Waals surface area contributed by atoms with Gasteiger partial charge in [0.15, 0.2) is 0 Å². The van der Waals surface area contributed by atoms with E-state index >= 15 is 0 Å². The van der Waals surface area contributed by atoms with E-state index < -0.39 is 0 Å². The number of amides is 2. The lowest BCUT2D eigenvalue weighted by Gasteiger charge is -2.29. The van der Waals surface area contributed by atoms with Gasteiger partial charge in [-0.2, -0.15) is 0 Å². The summed E-state index contributed by atoms with van der Waals surface area (Å²) in [6, 6.07) is 16.8. The third kappa shape index (κ3) is 4.47. The summed E-state index contributed by atoms with van der Waals surface area (Å²) < 4.78 is 0. The Hall–Kier alpha value is -2.96. The number of hydrogen-bond donors (Lipinski definition) is 1. The minimum atomic E-state index is -0.340. The first-order valence-corrected chi connectivity index (χ1v) is 11.8. The Morgan fingerprint density at radius 2 is 1.97 bits per heavy atom. The summed E-state index contributed by atoms with van der Waals surface area (Å²) in [7, 11) is 2.20. The molecule has 3 heterocycles. The molecule has 5 nitrogen and oxygen atoms in total. The van der Waals surface area contributed by atoms with Gasteiger partial charge in [-0.3, -0.25) is 19.9 Å². The molecule has 0 radical (unpaired) electrons. The highest BCUT2D eigenvalue weighted by Crippen LogP contribution is 2.32. The van der Waals surface area contributed by atoms with E-state index in [1.54, 1.807) is 6.08 Å². The highest BCUT2D eigenvalue weighted by atomic mass is 32.2. The van der Waals surface area contributed by atoms with Crippen molar-refractivity contribution < 1.29 is 9.59 Å². The second kappa shape index (κ2) is 8.88. The molecule has 2 saturated heterocycles. The van der Waals surface area contributed by atoms with E-state index in [1.807, 2.05) is 24.4 Å². The molecule has 1 aromatic heterocycles. The maximum Gasteiger partial charge on any atom is 0.290 e. The van der Waals surface area contributed by atoms with E-state index in [0.717, 1.165) is 46.1 Å². The van der Waals surface area contributed by atoms with Gasteiger partial charge >= 0.3 is 0 Å². The number of carbonyl (C=O) groups excluding carboxylic acids is 2. The first-order valence-electron chi connectivity index (χ1n) is 11.0. The van der Waals surface area contributed by atoms with Crippen molar-refractivity contribution in [1.82, 2.24) is 15.2 Å². The summed E-state index contributed by atoms with van der Waals surface area (Å²) in [4.78, 5) is 30.8. The molecular weight excluding hydrogens is 418 g/mol. The number of hydrogen-bond acceptors (Lipinski definition) is 5. The number of nitrogens with zero attached hydrogens (tertiary/aromatic N) is 2. The van der Waals surface area contributed by atoms with Crippen LogP contribution in [0, 0.1) is 5.92 Å². The van der Waals surface area contributed by atoms with E-state index in [-0.39, 0.29) is 11.1 Å². The largest absolute Gasteiger partial charge is 0.306 e. The van der Waals surface area contributed by atoms with Crippen LogP contribution in [0.4, 0.5) is 4.79 Å². The summed E-state index contributed by atoms with van der Waals surface area (Å²) in [5, 5.41) is 3.01. The number of likely N-dealkylation sites (tertiary alicyclic amines) is 1. The van der Waals surface area contributed by atoms with Gasteiger partial charge in [0, 0.05) is 11.6 Å². The Morgan fingerprint density at radius 1 is 1.12 bits per heavy atom. The summed E-state index contributed by atoms with van der Waals surface area (Å²) in [5.41, 5.74) is 5.46. The molecule has 162 valence electrons. The average molecular weight is 444 g/mol. The van der Waals surface area contributed by atoms with E-state index in [1.165, 1.54) is 37.1 Å². The quantitative estimate of drug-likeness (QED) is 0.568. The van der Waals surface area contributed by atoms with E-state index in [9.17, 15) is 9.59 Å². The fraction of sp³-hybridized carbons (Fsp3) is 0.269. The maximum absolute atomic E-state index is 11.9. The zero-order chi connectivity index (χ0) is 22.1. The summed E-state index contributed by atoms with van der Waals surface area (Å²) in [6.45, 7) is 2.36. The Labute approximate surface area is 191 Å². The van der Waals surface area contributed by atoms with E-state index in [0.29, 0.717) is 4.91 Å². The molecule has 6 heteroatoms. The van der Waals surface area contributed by atoms with Crippen LogP contribution in [0.2, 0.25) is 0 Å². The van der Waals surface area contributed by atoms with Crippen molar-refractivity contribution in [2.75, 3.05) is 20.1 Å². The van der Waals surface area contributed by atoms with Crippen LogP contribution < -0.4 is 5.32 Å². The predicted octanol–water partition coefficient (Wildman–Crippen LogP) is 5.11. The molecule has 1 N–H and O–H groups in total. The minimum Gasteiger partial charge on any atom is -0.306 e. The molecule has 2 fully saturated rings. The van der Waals surface area contributed by atoms with Crippen molar-refractivity contribution in [1.29, 1.82) is 0 Å². The fourth-order valence-corrected chi connectivity index (χ4v) is 5.23. The lowest BCUT2D eigenvalue weighted by Crippen LogP contribution is -2.30. The number of nitrogens with one attached hydrogen (secondary N) is 1. The number of aromatic nitrogens is 1. The summed E-state index contributed by atoms with van der Waals surface area (Å²) in [5.74, 6) is 0.403. The zero-order valence-corrected chi connectivity index (χ0v) is 18.8. The van der Waals surface area contributed by atoms with Crippen LogP contribution in [-0.4, -0.2) is 41.2 Å². The first-order chi connectivity index (χ1) is 15.5. The minimum absolute atomic E-state index is 0.328. The number of fused-ring (bicyclic) bond motifs is 1. The molecule has 2 amide bonds. The van der Waals surface area contributed by atoms with Crippen LogP contribution >= 0.6 is 11.8 Å². The van der Waals surface area contributed by atoms with Gasteiger partial charge in [-0.25, -0.2) is 0 Å². The van der Waals surface area contributed by atoms with Gasteiger partial charge < -0.3 is 4.90 Å². The summed E-state index contributed by atoms with van der Waals surface area (Å²) >= 11 is 0.936. The molecule has 32 heavy (non-hydrogen) atoms. The fourth-order valence-electron chi connectivity index (χ4n) is 4.54. The van der Waals surface area contributed by atoms with Crippen LogP contribution in [0.25, 0.3) is 28.1 Å². The Bertz CT molecular complexity index is 1230. The van der Waals surface area contributed by atoms with Gasteiger partial charge in [0.25, 0.3) is 11.1 Å². The molecule has 0 saturated carbocycles. The zero-order valence-electron chi connectivity index (χ0n) is 18.0. The van der Waals surface area contributed by atoms with Gasteiger partial charge in [-0.15, -0.1) is 0 Å². The number of thioether (sulfide) groups is 1. The van der Waals surface area contributed by atoms with Gasteiger partial charge in [0.05, 0.1) is 10.4 Å². The number of imide groups is 1. The number of carbonyl (C=O) groups is 2. The monoisotopic (exact) mass is 443 g/mol. The molecule has 0 bridgehead atoms. The van der Waals surface area contributed by atoms with Crippen LogP contribution in [0.1, 0.15) is 24.0 Å². The first kappa shape index (κ1) is 20.9. The van der Waals surface area contributed by atoms with Gasteiger partial charge in [-0.1, -0.05) is 30.3 Å². The van der Waals surface area contributed by atoms with Crippen molar-refractivity contribution in [3.05, 3.63) is 70.8 Å². The predicted molar refractivity (Wildman–Crippen MR) is 130 cm³/mol. The molecule has 0 atom stereocenters. The normalized spacial score (nSPS) is 19.1. The molecular formula is C26H25N3O2S. The van der Waals surface area contributed by atoms with Gasteiger partial charge in [0.1, 0.15) is 0 Å². The van der Waals surface area contributed by atoms with Crippen LogP contribution in [0.3, 0.4) is 0 Å². The topological polar surface area (TPSA) is 62.3 Å². The highest BCUT2D eigenvalue weighted by molar-refractivity contribution is 8.18. The second-order valence-corrected chi connectivity index (χ2v) is 9.65. The van der Waals surface area contributed by atoms with Crippen molar-refractivity contribution in [3.8, 4) is 11.1 Å².